The molecule has 1 aromatic carbocycles. The molecule has 170 valence electrons. The molecule has 1 unspecified atom stereocenters. The van der Waals surface area contributed by atoms with E-state index in [-0.39, 0.29) is 11.9 Å². The lowest BCUT2D eigenvalue weighted by atomic mass is 9.76. The van der Waals surface area contributed by atoms with Crippen LogP contribution in [0, 0.1) is 5.92 Å². The third kappa shape index (κ3) is 4.53. The molecular formula is C26H28ClN5O. The molecule has 2 aromatic heterocycles. The van der Waals surface area contributed by atoms with Gasteiger partial charge in [0.1, 0.15) is 0 Å². The van der Waals surface area contributed by atoms with E-state index in [2.05, 4.69) is 33.8 Å². The summed E-state index contributed by atoms with van der Waals surface area (Å²) in [6, 6.07) is 10.1. The smallest absolute Gasteiger partial charge is 0.314 e. The summed E-state index contributed by atoms with van der Waals surface area (Å²) >= 11 is 6.44. The van der Waals surface area contributed by atoms with E-state index in [0.717, 1.165) is 42.9 Å². The molecular weight excluding hydrogens is 434 g/mol. The summed E-state index contributed by atoms with van der Waals surface area (Å²) in [4.78, 5) is 22.5. The summed E-state index contributed by atoms with van der Waals surface area (Å²) in [6.45, 7) is 2.30. The van der Waals surface area contributed by atoms with Crippen molar-refractivity contribution in [1.82, 2.24) is 19.4 Å². The van der Waals surface area contributed by atoms with Crippen molar-refractivity contribution in [3.63, 3.8) is 0 Å². The number of carbonyl (C=O) groups excluding carboxylic acids is 1. The lowest BCUT2D eigenvalue weighted by Crippen LogP contribution is -2.42. The van der Waals surface area contributed by atoms with Crippen molar-refractivity contribution >= 4 is 29.3 Å². The van der Waals surface area contributed by atoms with Crippen molar-refractivity contribution in [3.8, 4) is 0 Å². The fourth-order valence-electron chi connectivity index (χ4n) is 5.31. The number of imidazole rings is 1. The Morgan fingerprint density at radius 3 is 2.79 bits per heavy atom. The number of carbonyl (C=O) groups is 1. The van der Waals surface area contributed by atoms with Gasteiger partial charge in [0.25, 0.3) is 0 Å². The molecule has 1 aliphatic heterocycles. The molecule has 3 aromatic rings. The maximum Gasteiger partial charge on any atom is 0.314 e. The number of urea groups is 1. The van der Waals surface area contributed by atoms with Crippen molar-refractivity contribution in [3.05, 3.63) is 82.7 Å². The Balaban J connectivity index is 1.51. The molecule has 33 heavy (non-hydrogen) atoms. The van der Waals surface area contributed by atoms with E-state index < -0.39 is 0 Å². The second-order valence-electron chi connectivity index (χ2n) is 8.92. The van der Waals surface area contributed by atoms with E-state index >= 15 is 0 Å². The zero-order valence-corrected chi connectivity index (χ0v) is 19.3. The molecule has 2 aliphatic rings. The first-order valence-corrected chi connectivity index (χ1v) is 11.9. The summed E-state index contributed by atoms with van der Waals surface area (Å²) in [5.74, 6) is 0.541. The topological polar surface area (TPSA) is 77.0 Å². The van der Waals surface area contributed by atoms with Crippen LogP contribution in [0.5, 0.6) is 0 Å². The van der Waals surface area contributed by atoms with Crippen molar-refractivity contribution in [2.24, 2.45) is 11.7 Å². The van der Waals surface area contributed by atoms with E-state index in [4.69, 9.17) is 22.3 Å². The van der Waals surface area contributed by atoms with Gasteiger partial charge in [0.2, 0.25) is 0 Å². The van der Waals surface area contributed by atoms with Gasteiger partial charge in [0, 0.05) is 49.2 Å². The van der Waals surface area contributed by atoms with Gasteiger partial charge in [-0.05, 0) is 72.1 Å². The molecule has 6 nitrogen and oxygen atoms in total. The third-order valence-electron chi connectivity index (χ3n) is 6.94. The second kappa shape index (κ2) is 9.40. The first-order valence-electron chi connectivity index (χ1n) is 11.6. The van der Waals surface area contributed by atoms with E-state index in [1.54, 1.807) is 4.90 Å². The number of nitrogens with two attached hydrogens (primary N) is 1. The molecule has 1 saturated heterocycles. The van der Waals surface area contributed by atoms with Gasteiger partial charge < -0.3 is 15.2 Å². The van der Waals surface area contributed by atoms with Gasteiger partial charge in [-0.15, -0.1) is 0 Å². The standard InChI is InChI=1S/C26H28ClN5O/c27-21-5-6-22-20(16-21)15-19(3-2-11-31-14-10-29-17-31)23-4-1-9-30-25(23)24(22)18-7-12-32(13-8-18)26(28)33/h1,4-6,9-10,14-18,24H,2-3,7-8,11-13H2,(H2,28,33). The Hall–Kier alpha value is -3.12. The Kier molecular flexibility index (Phi) is 6.18. The van der Waals surface area contributed by atoms with E-state index in [1.807, 2.05) is 37.1 Å². The number of allylic oxidation sites excluding steroid dienone is 1. The molecule has 0 saturated carbocycles. The van der Waals surface area contributed by atoms with Crippen LogP contribution >= 0.6 is 11.6 Å². The number of pyridine rings is 1. The number of amides is 2. The molecule has 3 heterocycles. The number of halogens is 1. The SMILES string of the molecule is NC(=O)N1CCC(C2c3ccc(Cl)cc3C=C(CCCn3ccnc3)c3cccnc32)CC1. The number of nitrogens with zero attached hydrogens (tertiary/aromatic N) is 4. The van der Waals surface area contributed by atoms with Crippen LogP contribution in [0.25, 0.3) is 11.6 Å². The van der Waals surface area contributed by atoms with Gasteiger partial charge in [0.15, 0.2) is 0 Å². The normalized spacial score (nSPS) is 18.3. The average molecular weight is 462 g/mol. The fraction of sp³-hybridized carbons (Fsp3) is 0.346. The van der Waals surface area contributed by atoms with Gasteiger partial charge >= 0.3 is 6.03 Å². The van der Waals surface area contributed by atoms with Gasteiger partial charge in [-0.1, -0.05) is 29.8 Å². The van der Waals surface area contributed by atoms with Crippen LogP contribution in [0.4, 0.5) is 4.79 Å². The minimum absolute atomic E-state index is 0.158. The number of hydrogen-bond donors (Lipinski definition) is 1. The van der Waals surface area contributed by atoms with E-state index in [9.17, 15) is 4.79 Å². The Morgan fingerprint density at radius 2 is 2.03 bits per heavy atom. The van der Waals surface area contributed by atoms with Crippen molar-refractivity contribution in [2.75, 3.05) is 13.1 Å². The minimum Gasteiger partial charge on any atom is -0.351 e. The number of aromatic nitrogens is 3. The van der Waals surface area contributed by atoms with Gasteiger partial charge in [-0.3, -0.25) is 4.98 Å². The summed E-state index contributed by atoms with van der Waals surface area (Å²) in [6.07, 6.45) is 13.6. The fourth-order valence-corrected chi connectivity index (χ4v) is 5.49. The highest BCUT2D eigenvalue weighted by Crippen LogP contribution is 2.45. The number of aryl methyl sites for hydroxylation is 1. The Morgan fingerprint density at radius 1 is 1.18 bits per heavy atom. The van der Waals surface area contributed by atoms with Crippen LogP contribution in [0.15, 0.2) is 55.2 Å². The van der Waals surface area contributed by atoms with Gasteiger partial charge in [-0.25, -0.2) is 9.78 Å². The van der Waals surface area contributed by atoms with Gasteiger partial charge in [-0.2, -0.15) is 0 Å². The number of likely N-dealkylation sites (tertiary alicyclic amines) is 1. The maximum absolute atomic E-state index is 11.7. The molecule has 0 spiro atoms. The summed E-state index contributed by atoms with van der Waals surface area (Å²) < 4.78 is 2.11. The Bertz CT molecular complexity index is 1170. The number of primary amides is 1. The van der Waals surface area contributed by atoms with E-state index in [0.29, 0.717) is 19.0 Å². The molecule has 2 N–H and O–H groups in total. The average Bonchev–Trinajstić information content (AvgIpc) is 3.30. The summed E-state index contributed by atoms with van der Waals surface area (Å²) in [5, 5.41) is 0.740. The number of benzene rings is 1. The predicted octanol–water partition coefficient (Wildman–Crippen LogP) is 5.19. The van der Waals surface area contributed by atoms with Crippen LogP contribution in [0.1, 0.15) is 54.0 Å². The number of hydrogen-bond acceptors (Lipinski definition) is 3. The van der Waals surface area contributed by atoms with Crippen LogP contribution < -0.4 is 5.73 Å². The van der Waals surface area contributed by atoms with Gasteiger partial charge in [0.05, 0.1) is 12.0 Å². The van der Waals surface area contributed by atoms with Crippen LogP contribution in [-0.2, 0) is 6.54 Å². The zero-order chi connectivity index (χ0) is 22.8. The number of piperidine rings is 1. The second-order valence-corrected chi connectivity index (χ2v) is 9.36. The first kappa shape index (κ1) is 21.7. The van der Waals surface area contributed by atoms with Crippen molar-refractivity contribution in [1.29, 1.82) is 0 Å². The quantitative estimate of drug-likeness (QED) is 0.568. The zero-order valence-electron chi connectivity index (χ0n) is 18.5. The Labute approximate surface area is 199 Å². The van der Waals surface area contributed by atoms with Crippen molar-refractivity contribution in [2.45, 2.75) is 38.1 Å². The third-order valence-corrected chi connectivity index (χ3v) is 7.17. The predicted molar refractivity (Wildman–Crippen MR) is 131 cm³/mol. The number of fused-ring (bicyclic) bond motifs is 2. The van der Waals surface area contributed by atoms with Crippen LogP contribution in [0.3, 0.4) is 0 Å². The molecule has 0 bridgehead atoms. The van der Waals surface area contributed by atoms with E-state index in [1.165, 1.54) is 22.3 Å². The molecule has 1 aliphatic carbocycles. The molecule has 1 atom stereocenters. The molecule has 0 radical (unpaired) electrons. The van der Waals surface area contributed by atoms with Crippen molar-refractivity contribution < 1.29 is 4.79 Å². The lowest BCUT2D eigenvalue weighted by Gasteiger charge is -2.36. The lowest BCUT2D eigenvalue weighted by molar-refractivity contribution is 0.174. The largest absolute Gasteiger partial charge is 0.351 e. The first-order chi connectivity index (χ1) is 16.1. The number of rotatable bonds is 5. The highest BCUT2D eigenvalue weighted by Gasteiger charge is 2.34. The molecule has 2 amide bonds. The summed E-state index contributed by atoms with van der Waals surface area (Å²) in [7, 11) is 0. The highest BCUT2D eigenvalue weighted by molar-refractivity contribution is 6.30. The maximum atomic E-state index is 11.7. The summed E-state index contributed by atoms with van der Waals surface area (Å²) in [5.41, 5.74) is 11.6. The molecule has 7 heteroatoms. The molecule has 1 fully saturated rings. The monoisotopic (exact) mass is 461 g/mol. The van der Waals surface area contributed by atoms with Crippen LogP contribution in [-0.4, -0.2) is 38.6 Å². The highest BCUT2D eigenvalue weighted by atomic mass is 35.5. The van der Waals surface area contributed by atoms with Crippen LogP contribution in [0.2, 0.25) is 5.02 Å². The minimum atomic E-state index is -0.332. The molecule has 5 rings (SSSR count).